The molecule has 8 heteroatoms. The minimum absolute atomic E-state index is 0.0479. The average Bonchev–Trinajstić information content (AvgIpc) is 2.56. The van der Waals surface area contributed by atoms with Gasteiger partial charge < -0.3 is 19.7 Å². The van der Waals surface area contributed by atoms with Crippen molar-refractivity contribution in [3.05, 3.63) is 40.0 Å². The fourth-order valence-corrected chi connectivity index (χ4v) is 2.22. The van der Waals surface area contributed by atoms with E-state index in [0.717, 1.165) is 0 Å². The molecule has 6 nitrogen and oxygen atoms in total. The molecule has 0 saturated carbocycles. The van der Waals surface area contributed by atoms with Gasteiger partial charge in [-0.05, 0) is 18.2 Å². The van der Waals surface area contributed by atoms with E-state index in [1.165, 1.54) is 12.3 Å². The van der Waals surface area contributed by atoms with Crippen LogP contribution in [-0.2, 0) is 14.3 Å². The van der Waals surface area contributed by atoms with Gasteiger partial charge in [-0.1, -0.05) is 23.2 Å². The molecule has 1 N–H and O–H groups in total. The van der Waals surface area contributed by atoms with E-state index in [1.54, 1.807) is 31.3 Å². The predicted octanol–water partition coefficient (Wildman–Crippen LogP) is 2.93. The van der Waals surface area contributed by atoms with Crippen LogP contribution in [0.4, 0.5) is 5.69 Å². The Morgan fingerprint density at radius 3 is 2.42 bits per heavy atom. The molecule has 0 aromatic heterocycles. The van der Waals surface area contributed by atoms with Gasteiger partial charge in [0.1, 0.15) is 11.6 Å². The van der Waals surface area contributed by atoms with Crippen LogP contribution in [0.25, 0.3) is 0 Å². The molecule has 1 rings (SSSR count). The van der Waals surface area contributed by atoms with Crippen LogP contribution in [-0.4, -0.2) is 51.3 Å². The Balaban J connectivity index is 2.87. The van der Waals surface area contributed by atoms with Gasteiger partial charge in [-0.25, -0.2) is 0 Å². The normalized spacial score (nSPS) is 11.0. The van der Waals surface area contributed by atoms with Crippen LogP contribution in [0.1, 0.15) is 0 Å². The zero-order valence-corrected chi connectivity index (χ0v) is 15.0. The van der Waals surface area contributed by atoms with Crippen LogP contribution in [0.5, 0.6) is 0 Å². The summed E-state index contributed by atoms with van der Waals surface area (Å²) in [4.78, 5) is 14.1. The van der Waals surface area contributed by atoms with Gasteiger partial charge in [0.25, 0.3) is 5.91 Å². The Kier molecular flexibility index (Phi) is 9.20. The maximum Gasteiger partial charge on any atom is 0.267 e. The molecule has 0 atom stereocenters. The van der Waals surface area contributed by atoms with Crippen LogP contribution in [0.2, 0.25) is 10.0 Å². The summed E-state index contributed by atoms with van der Waals surface area (Å²) >= 11 is 11.8. The van der Waals surface area contributed by atoms with Crippen LogP contribution >= 0.6 is 23.2 Å². The average molecular weight is 372 g/mol. The summed E-state index contributed by atoms with van der Waals surface area (Å²) in [7, 11) is 3.16. The summed E-state index contributed by atoms with van der Waals surface area (Å²) < 4.78 is 10.1. The van der Waals surface area contributed by atoms with E-state index in [1.807, 2.05) is 6.07 Å². The Morgan fingerprint density at radius 1 is 1.29 bits per heavy atom. The van der Waals surface area contributed by atoms with Crippen molar-refractivity contribution in [2.75, 3.05) is 45.8 Å². The minimum Gasteiger partial charge on any atom is -0.383 e. The number of ether oxygens (including phenoxy) is 2. The van der Waals surface area contributed by atoms with E-state index in [-0.39, 0.29) is 5.57 Å². The highest BCUT2D eigenvalue weighted by Crippen LogP contribution is 2.25. The number of hydrogen-bond acceptors (Lipinski definition) is 5. The van der Waals surface area contributed by atoms with E-state index < -0.39 is 5.91 Å². The number of carbonyl (C=O) groups excluding carboxylic acids is 1. The fourth-order valence-electron chi connectivity index (χ4n) is 1.76. The standard InChI is InChI=1S/C16H19Cl2N3O3/c1-23-7-5-21(6-8-24-2)11-12(10-19)16(22)20-15-4-3-13(17)9-14(15)18/h3-4,9,11H,5-8H2,1-2H3,(H,20,22)/b12-11-. The van der Waals surface area contributed by atoms with Crippen molar-refractivity contribution in [2.45, 2.75) is 0 Å². The van der Waals surface area contributed by atoms with Gasteiger partial charge >= 0.3 is 0 Å². The topological polar surface area (TPSA) is 74.6 Å². The number of carbonyl (C=O) groups is 1. The third-order valence-electron chi connectivity index (χ3n) is 3.02. The van der Waals surface area contributed by atoms with Gasteiger partial charge in [-0.3, -0.25) is 4.79 Å². The minimum atomic E-state index is -0.554. The summed E-state index contributed by atoms with van der Waals surface area (Å²) in [5, 5.41) is 12.6. The third kappa shape index (κ3) is 6.77. The summed E-state index contributed by atoms with van der Waals surface area (Å²) in [5.41, 5.74) is 0.334. The number of hydrogen-bond donors (Lipinski definition) is 1. The molecule has 1 amide bonds. The first kappa shape index (κ1) is 20.3. The number of rotatable bonds is 9. The highest BCUT2D eigenvalue weighted by Gasteiger charge is 2.13. The molecule has 24 heavy (non-hydrogen) atoms. The second-order valence-corrected chi connectivity index (χ2v) is 5.60. The molecule has 0 fully saturated rings. The molecular formula is C16H19Cl2N3O3. The van der Waals surface area contributed by atoms with Crippen molar-refractivity contribution in [3.63, 3.8) is 0 Å². The maximum absolute atomic E-state index is 12.3. The van der Waals surface area contributed by atoms with Gasteiger partial charge in [0.05, 0.1) is 23.9 Å². The molecule has 0 heterocycles. The number of nitrogens with one attached hydrogen (secondary N) is 1. The summed E-state index contributed by atoms with van der Waals surface area (Å²) in [5.74, 6) is -0.554. The lowest BCUT2D eigenvalue weighted by atomic mass is 10.2. The maximum atomic E-state index is 12.3. The smallest absolute Gasteiger partial charge is 0.267 e. The molecule has 0 aliphatic rings. The second-order valence-electron chi connectivity index (χ2n) is 4.75. The van der Waals surface area contributed by atoms with Gasteiger partial charge in [-0.15, -0.1) is 0 Å². The highest BCUT2D eigenvalue weighted by atomic mass is 35.5. The van der Waals surface area contributed by atoms with Crippen molar-refractivity contribution in [1.29, 1.82) is 5.26 Å². The Morgan fingerprint density at radius 2 is 1.92 bits per heavy atom. The Bertz CT molecular complexity index is 621. The van der Waals surface area contributed by atoms with Crippen molar-refractivity contribution in [3.8, 4) is 6.07 Å². The lowest BCUT2D eigenvalue weighted by Gasteiger charge is -2.20. The lowest BCUT2D eigenvalue weighted by molar-refractivity contribution is -0.112. The van der Waals surface area contributed by atoms with Crippen molar-refractivity contribution < 1.29 is 14.3 Å². The molecule has 130 valence electrons. The molecule has 0 radical (unpaired) electrons. The number of benzene rings is 1. The number of nitrogens with zero attached hydrogens (tertiary/aromatic N) is 2. The molecule has 1 aromatic carbocycles. The monoisotopic (exact) mass is 371 g/mol. The SMILES string of the molecule is COCCN(/C=C(/C#N)C(=O)Nc1ccc(Cl)cc1Cl)CCOC. The number of methoxy groups -OCH3 is 2. The van der Waals surface area contributed by atoms with E-state index in [9.17, 15) is 10.1 Å². The molecule has 1 aromatic rings. The number of amides is 1. The van der Waals surface area contributed by atoms with Crippen LogP contribution in [0.15, 0.2) is 30.0 Å². The molecule has 0 bridgehead atoms. The summed E-state index contributed by atoms with van der Waals surface area (Å²) in [6.45, 7) is 1.98. The summed E-state index contributed by atoms with van der Waals surface area (Å²) in [6, 6.07) is 6.58. The summed E-state index contributed by atoms with van der Waals surface area (Å²) in [6.07, 6.45) is 1.48. The van der Waals surface area contributed by atoms with Crippen LogP contribution < -0.4 is 5.32 Å². The molecule has 0 aliphatic heterocycles. The molecular weight excluding hydrogens is 353 g/mol. The first-order valence-corrected chi connectivity index (χ1v) is 7.87. The highest BCUT2D eigenvalue weighted by molar-refractivity contribution is 6.36. The molecule has 0 saturated heterocycles. The van der Waals surface area contributed by atoms with Crippen molar-refractivity contribution in [1.82, 2.24) is 4.90 Å². The van der Waals surface area contributed by atoms with Gasteiger partial charge in [0.15, 0.2) is 0 Å². The first-order valence-electron chi connectivity index (χ1n) is 7.12. The lowest BCUT2D eigenvalue weighted by Crippen LogP contribution is -2.27. The molecule has 0 aliphatic carbocycles. The molecule has 0 unspecified atom stereocenters. The first-order chi connectivity index (χ1) is 11.5. The Hall–Kier alpha value is -1.78. The van der Waals surface area contributed by atoms with Gasteiger partial charge in [-0.2, -0.15) is 5.26 Å². The largest absolute Gasteiger partial charge is 0.383 e. The zero-order valence-electron chi connectivity index (χ0n) is 13.5. The van der Waals surface area contributed by atoms with E-state index in [2.05, 4.69) is 5.32 Å². The fraction of sp³-hybridized carbons (Fsp3) is 0.375. The van der Waals surface area contributed by atoms with Gasteiger partial charge in [0, 0.05) is 38.5 Å². The quantitative estimate of drug-likeness (QED) is 0.533. The number of nitriles is 1. The van der Waals surface area contributed by atoms with Crippen molar-refractivity contribution >= 4 is 34.8 Å². The van der Waals surface area contributed by atoms with Crippen molar-refractivity contribution in [2.24, 2.45) is 0 Å². The van der Waals surface area contributed by atoms with E-state index in [4.69, 9.17) is 32.7 Å². The van der Waals surface area contributed by atoms with E-state index >= 15 is 0 Å². The number of anilines is 1. The van der Waals surface area contributed by atoms with E-state index in [0.29, 0.717) is 42.0 Å². The zero-order chi connectivity index (χ0) is 17.9. The van der Waals surface area contributed by atoms with Crippen LogP contribution in [0, 0.1) is 11.3 Å². The molecule has 0 spiro atoms. The van der Waals surface area contributed by atoms with Crippen LogP contribution in [0.3, 0.4) is 0 Å². The predicted molar refractivity (Wildman–Crippen MR) is 94.1 cm³/mol. The Labute approximate surface area is 151 Å². The number of halogens is 2. The van der Waals surface area contributed by atoms with Gasteiger partial charge in [0.2, 0.25) is 0 Å². The second kappa shape index (κ2) is 10.9. The third-order valence-corrected chi connectivity index (χ3v) is 3.57.